The maximum atomic E-state index is 13.7. The lowest BCUT2D eigenvalue weighted by molar-refractivity contribution is -0.390. The smallest absolute Gasteiger partial charge is 0.350 e. The summed E-state index contributed by atoms with van der Waals surface area (Å²) < 4.78 is 77.5. The van der Waals surface area contributed by atoms with Crippen LogP contribution in [0.4, 0.5) is 36.8 Å². The number of nitrogens with zero attached hydrogens (tertiary/aromatic N) is 1. The van der Waals surface area contributed by atoms with Crippen molar-refractivity contribution in [1.82, 2.24) is 5.32 Å². The van der Waals surface area contributed by atoms with Crippen LogP contribution in [0, 0.1) is 0 Å². The van der Waals surface area contributed by atoms with E-state index in [1.54, 1.807) is 13.8 Å². The number of aliphatic hydroxyl groups is 1. The fourth-order valence-electron chi connectivity index (χ4n) is 1.91. The van der Waals surface area contributed by atoms with Gasteiger partial charge in [-0.1, -0.05) is 12.1 Å². The summed E-state index contributed by atoms with van der Waals surface area (Å²) in [6.07, 6.45) is -6.17. The molecule has 10 heteroatoms. The second-order valence-corrected chi connectivity index (χ2v) is 4.82. The Morgan fingerprint density at radius 3 is 1.96 bits per heavy atom. The Kier molecular flexibility index (Phi) is 5.75. The molecule has 4 nitrogen and oxygen atoms in total. The third-order valence-electron chi connectivity index (χ3n) is 3.22. The van der Waals surface area contributed by atoms with E-state index in [1.807, 2.05) is 0 Å². The number of urea groups is 1. The van der Waals surface area contributed by atoms with Gasteiger partial charge in [-0.2, -0.15) is 26.3 Å². The monoisotopic (exact) mass is 358 g/mol. The van der Waals surface area contributed by atoms with Crippen molar-refractivity contribution in [2.75, 3.05) is 18.0 Å². The average Bonchev–Trinajstić information content (AvgIpc) is 2.47. The Morgan fingerprint density at radius 1 is 1.08 bits per heavy atom. The van der Waals surface area contributed by atoms with Crippen molar-refractivity contribution in [2.45, 2.75) is 31.8 Å². The molecule has 24 heavy (non-hydrogen) atoms. The SMILES string of the molecule is CCNC(=O)N(CC)c1ccc(C(F)(F)C(O)(F)C(F)(F)F)cc1. The van der Waals surface area contributed by atoms with Crippen LogP contribution in [0.2, 0.25) is 0 Å². The van der Waals surface area contributed by atoms with Gasteiger partial charge in [-0.3, -0.25) is 4.90 Å². The lowest BCUT2D eigenvalue weighted by Gasteiger charge is -2.30. The van der Waals surface area contributed by atoms with Gasteiger partial charge in [0, 0.05) is 24.3 Å². The Hall–Kier alpha value is -1.97. The number of amides is 2. The lowest BCUT2D eigenvalue weighted by atomic mass is 10.0. The molecule has 0 aliphatic rings. The van der Waals surface area contributed by atoms with Gasteiger partial charge in [0.05, 0.1) is 0 Å². The van der Waals surface area contributed by atoms with Crippen molar-refractivity contribution < 1.29 is 36.2 Å². The number of hydrogen-bond donors (Lipinski definition) is 2. The Balaban J connectivity index is 3.16. The number of benzene rings is 1. The van der Waals surface area contributed by atoms with Crippen molar-refractivity contribution in [1.29, 1.82) is 0 Å². The van der Waals surface area contributed by atoms with Gasteiger partial charge >= 0.3 is 24.0 Å². The third kappa shape index (κ3) is 3.58. The molecule has 0 radical (unpaired) electrons. The van der Waals surface area contributed by atoms with E-state index in [9.17, 15) is 31.1 Å². The van der Waals surface area contributed by atoms with Gasteiger partial charge < -0.3 is 10.4 Å². The second-order valence-electron chi connectivity index (χ2n) is 4.82. The Morgan fingerprint density at radius 2 is 1.58 bits per heavy atom. The number of hydrogen-bond acceptors (Lipinski definition) is 2. The summed E-state index contributed by atoms with van der Waals surface area (Å²) in [7, 11) is 0. The maximum Gasteiger partial charge on any atom is 0.455 e. The van der Waals surface area contributed by atoms with Gasteiger partial charge in [-0.05, 0) is 26.0 Å². The normalized spacial score (nSPS) is 14.9. The number of carbonyl (C=O) groups excluding carboxylic acids is 1. The van der Waals surface area contributed by atoms with Crippen LogP contribution in [0.5, 0.6) is 0 Å². The maximum absolute atomic E-state index is 13.7. The van der Waals surface area contributed by atoms with Crippen molar-refractivity contribution in [2.24, 2.45) is 0 Å². The number of anilines is 1. The molecule has 0 aliphatic carbocycles. The van der Waals surface area contributed by atoms with Crippen LogP contribution < -0.4 is 10.2 Å². The second kappa shape index (κ2) is 6.88. The molecular weight excluding hydrogens is 342 g/mol. The standard InChI is InChI=1S/C14H16F6N2O2/c1-3-21-11(23)22(4-2)10-7-5-9(6-8-10)12(15,16)13(17,24)14(18,19)20/h5-8,24H,3-4H2,1-2H3,(H,21,23). The van der Waals surface area contributed by atoms with Gasteiger partial charge in [0.1, 0.15) is 0 Å². The summed E-state index contributed by atoms with van der Waals surface area (Å²) in [5.41, 5.74) is -1.25. The van der Waals surface area contributed by atoms with E-state index in [4.69, 9.17) is 5.11 Å². The first kappa shape index (κ1) is 20.1. The minimum atomic E-state index is -6.17. The highest BCUT2D eigenvalue weighted by Gasteiger charge is 2.71. The molecule has 1 unspecified atom stereocenters. The molecule has 0 spiro atoms. The van der Waals surface area contributed by atoms with E-state index >= 15 is 0 Å². The first-order chi connectivity index (χ1) is 10.9. The summed E-state index contributed by atoms with van der Waals surface area (Å²) in [6.45, 7) is 3.74. The van der Waals surface area contributed by atoms with E-state index in [1.165, 1.54) is 0 Å². The summed E-state index contributed by atoms with van der Waals surface area (Å²) >= 11 is 0. The molecule has 0 fully saturated rings. The molecule has 0 saturated carbocycles. The molecule has 0 saturated heterocycles. The van der Waals surface area contributed by atoms with Gasteiger partial charge in [0.2, 0.25) is 0 Å². The van der Waals surface area contributed by atoms with Gasteiger partial charge in [0.15, 0.2) is 0 Å². The number of carbonyl (C=O) groups is 1. The lowest BCUT2D eigenvalue weighted by Crippen LogP contribution is -2.53. The third-order valence-corrected chi connectivity index (χ3v) is 3.22. The van der Waals surface area contributed by atoms with Crippen LogP contribution in [0.15, 0.2) is 24.3 Å². The van der Waals surface area contributed by atoms with Crippen LogP contribution >= 0.6 is 0 Å². The Labute approximate surface area is 134 Å². The minimum absolute atomic E-state index is 0.123. The van der Waals surface area contributed by atoms with E-state index in [2.05, 4.69) is 5.32 Å². The average molecular weight is 358 g/mol. The van der Waals surface area contributed by atoms with Gasteiger partial charge in [-0.15, -0.1) is 0 Å². The van der Waals surface area contributed by atoms with Gasteiger partial charge in [0.25, 0.3) is 0 Å². The number of nitrogens with one attached hydrogen (secondary N) is 1. The number of rotatable bonds is 5. The predicted octanol–water partition coefficient (Wildman–Crippen LogP) is 3.55. The highest BCUT2D eigenvalue weighted by molar-refractivity contribution is 5.91. The molecule has 0 aliphatic heterocycles. The highest BCUT2D eigenvalue weighted by Crippen LogP contribution is 2.49. The van der Waals surface area contributed by atoms with Crippen LogP contribution in [0.1, 0.15) is 19.4 Å². The molecule has 1 atom stereocenters. The summed E-state index contributed by atoms with van der Waals surface area (Å²) in [5.74, 6) is -10.9. The van der Waals surface area contributed by atoms with E-state index in [0.717, 1.165) is 17.0 Å². The van der Waals surface area contributed by atoms with Crippen LogP contribution in [0.25, 0.3) is 0 Å². The minimum Gasteiger partial charge on any atom is -0.350 e. The van der Waals surface area contributed by atoms with Crippen molar-refractivity contribution >= 4 is 11.7 Å². The van der Waals surface area contributed by atoms with Crippen LogP contribution in [-0.2, 0) is 5.92 Å². The zero-order chi connectivity index (χ0) is 18.8. The molecule has 2 amide bonds. The first-order valence-corrected chi connectivity index (χ1v) is 6.91. The van der Waals surface area contributed by atoms with Crippen LogP contribution in [-0.4, -0.2) is 36.3 Å². The molecule has 1 aromatic rings. The predicted molar refractivity (Wildman–Crippen MR) is 74.5 cm³/mol. The van der Waals surface area contributed by atoms with Crippen molar-refractivity contribution in [3.05, 3.63) is 29.8 Å². The fourth-order valence-corrected chi connectivity index (χ4v) is 1.91. The molecule has 136 valence electrons. The summed E-state index contributed by atoms with van der Waals surface area (Å²) in [6, 6.07) is 2.39. The summed E-state index contributed by atoms with van der Waals surface area (Å²) in [5, 5.41) is 11.1. The quantitative estimate of drug-likeness (QED) is 0.791. The van der Waals surface area contributed by atoms with Crippen molar-refractivity contribution in [3.63, 3.8) is 0 Å². The molecule has 2 N–H and O–H groups in total. The largest absolute Gasteiger partial charge is 0.455 e. The topological polar surface area (TPSA) is 52.6 Å². The van der Waals surface area contributed by atoms with Crippen LogP contribution in [0.3, 0.4) is 0 Å². The molecule has 1 aromatic carbocycles. The zero-order valence-electron chi connectivity index (χ0n) is 12.8. The fraction of sp³-hybridized carbons (Fsp3) is 0.500. The number of alkyl halides is 6. The molecule has 1 rings (SSSR count). The molecule has 0 aromatic heterocycles. The molecule has 0 heterocycles. The number of halogens is 6. The van der Waals surface area contributed by atoms with E-state index in [0.29, 0.717) is 18.7 Å². The van der Waals surface area contributed by atoms with Crippen molar-refractivity contribution in [3.8, 4) is 0 Å². The zero-order valence-corrected chi connectivity index (χ0v) is 12.8. The highest BCUT2D eigenvalue weighted by atomic mass is 19.4. The first-order valence-electron chi connectivity index (χ1n) is 6.91. The van der Waals surface area contributed by atoms with E-state index < -0.39 is 29.5 Å². The van der Waals surface area contributed by atoms with Gasteiger partial charge in [-0.25, -0.2) is 4.79 Å². The Bertz CT molecular complexity index is 572. The summed E-state index contributed by atoms with van der Waals surface area (Å²) in [4.78, 5) is 12.9. The van der Waals surface area contributed by atoms with E-state index in [-0.39, 0.29) is 12.2 Å². The molecular formula is C14H16F6N2O2. The molecule has 0 bridgehead atoms.